The van der Waals surface area contributed by atoms with Crippen molar-refractivity contribution in [1.29, 1.82) is 0 Å². The van der Waals surface area contributed by atoms with Crippen LogP contribution in [0.2, 0.25) is 5.02 Å². The van der Waals surface area contributed by atoms with Gasteiger partial charge in [-0.05, 0) is 42.5 Å². The fourth-order valence-electron chi connectivity index (χ4n) is 1.78. The molecular weight excluding hydrogens is 336 g/mol. The molecule has 0 spiro atoms. The first-order valence-corrected chi connectivity index (χ1v) is 6.79. The summed E-state index contributed by atoms with van der Waals surface area (Å²) in [6.45, 7) is -0.185. The molecule has 0 heterocycles. The molecule has 23 heavy (non-hydrogen) atoms. The van der Waals surface area contributed by atoms with E-state index in [2.05, 4.69) is 10.6 Å². The molecule has 0 aliphatic heterocycles. The number of halogens is 5. The van der Waals surface area contributed by atoms with Gasteiger partial charge in [-0.15, -0.1) is 0 Å². The van der Waals surface area contributed by atoms with Gasteiger partial charge in [0.05, 0.1) is 17.1 Å². The van der Waals surface area contributed by atoms with Crippen molar-refractivity contribution >= 4 is 28.9 Å². The van der Waals surface area contributed by atoms with Gasteiger partial charge < -0.3 is 10.6 Å². The van der Waals surface area contributed by atoms with Crippen LogP contribution in [0.4, 0.5) is 28.9 Å². The average Bonchev–Trinajstić information content (AvgIpc) is 2.47. The monoisotopic (exact) mass is 346 g/mol. The zero-order valence-corrected chi connectivity index (χ0v) is 12.3. The highest BCUT2D eigenvalue weighted by atomic mass is 35.5. The van der Waals surface area contributed by atoms with Crippen molar-refractivity contribution in [3.63, 3.8) is 0 Å². The van der Waals surface area contributed by atoms with Crippen molar-refractivity contribution in [2.75, 3.05) is 17.2 Å². The number of amides is 1. The largest absolute Gasteiger partial charge is 0.417 e. The molecule has 2 aromatic rings. The molecule has 0 saturated carbocycles. The van der Waals surface area contributed by atoms with Crippen molar-refractivity contribution in [3.8, 4) is 0 Å². The maximum atomic E-state index is 12.7. The van der Waals surface area contributed by atoms with Crippen LogP contribution in [0.5, 0.6) is 0 Å². The van der Waals surface area contributed by atoms with E-state index in [9.17, 15) is 22.4 Å². The van der Waals surface area contributed by atoms with Gasteiger partial charge in [-0.2, -0.15) is 13.2 Å². The molecule has 0 unspecified atom stereocenters. The van der Waals surface area contributed by atoms with Gasteiger partial charge in [0.1, 0.15) is 5.82 Å². The van der Waals surface area contributed by atoms with Crippen LogP contribution < -0.4 is 10.6 Å². The minimum absolute atomic E-state index is 0.0207. The standard InChI is InChI=1S/C15H11ClF4N2O/c16-13-6-5-11(7-12(13)15(18,19)20)22-14(23)8-21-10-3-1-9(17)2-4-10/h1-7,21H,8H2,(H,22,23). The van der Waals surface area contributed by atoms with Gasteiger partial charge >= 0.3 is 6.18 Å². The smallest absolute Gasteiger partial charge is 0.376 e. The number of rotatable bonds is 4. The summed E-state index contributed by atoms with van der Waals surface area (Å²) in [6, 6.07) is 8.41. The Morgan fingerprint density at radius 1 is 1.04 bits per heavy atom. The van der Waals surface area contributed by atoms with E-state index in [4.69, 9.17) is 11.6 Å². The van der Waals surface area contributed by atoms with Gasteiger partial charge in [-0.3, -0.25) is 4.79 Å². The van der Waals surface area contributed by atoms with E-state index in [-0.39, 0.29) is 12.2 Å². The van der Waals surface area contributed by atoms with Gasteiger partial charge in [0.25, 0.3) is 0 Å². The van der Waals surface area contributed by atoms with Gasteiger partial charge in [-0.1, -0.05) is 11.6 Å². The molecular formula is C15H11ClF4N2O. The van der Waals surface area contributed by atoms with Crippen LogP contribution >= 0.6 is 11.6 Å². The summed E-state index contributed by atoms with van der Waals surface area (Å²) in [5.41, 5.74) is -0.537. The van der Waals surface area contributed by atoms with Crippen LogP contribution in [0.3, 0.4) is 0 Å². The molecule has 2 rings (SSSR count). The second kappa shape index (κ2) is 6.87. The summed E-state index contributed by atoms with van der Waals surface area (Å²) in [6.07, 6.45) is -4.61. The first kappa shape index (κ1) is 17.1. The molecule has 0 aliphatic carbocycles. The van der Waals surface area contributed by atoms with Gasteiger partial charge in [0.2, 0.25) is 5.91 Å². The predicted octanol–water partition coefficient (Wildman–Crippen LogP) is 4.55. The third-order valence-corrected chi connectivity index (χ3v) is 3.18. The second-order valence-corrected chi connectivity index (χ2v) is 5.01. The lowest BCUT2D eigenvalue weighted by Crippen LogP contribution is -2.22. The number of benzene rings is 2. The minimum Gasteiger partial charge on any atom is -0.376 e. The summed E-state index contributed by atoms with van der Waals surface area (Å²) in [5, 5.41) is 4.61. The third kappa shape index (κ3) is 4.85. The van der Waals surface area contributed by atoms with Crippen LogP contribution in [0.25, 0.3) is 0 Å². The molecule has 0 aromatic heterocycles. The molecule has 0 bridgehead atoms. The Labute approximate surface area is 134 Å². The quantitative estimate of drug-likeness (QED) is 0.797. The number of carbonyl (C=O) groups excluding carboxylic acids is 1. The number of hydrogen-bond acceptors (Lipinski definition) is 2. The van der Waals surface area contributed by atoms with Crippen LogP contribution in [-0.2, 0) is 11.0 Å². The Bertz CT molecular complexity index is 702. The number of nitrogens with one attached hydrogen (secondary N) is 2. The Balaban J connectivity index is 1.99. The summed E-state index contributed by atoms with van der Waals surface area (Å²) < 4.78 is 50.9. The van der Waals surface area contributed by atoms with Crippen LogP contribution in [-0.4, -0.2) is 12.5 Å². The average molecular weight is 347 g/mol. The molecule has 0 saturated heterocycles. The van der Waals surface area contributed by atoms with E-state index in [1.54, 1.807) is 0 Å². The molecule has 0 atom stereocenters. The fourth-order valence-corrected chi connectivity index (χ4v) is 2.00. The molecule has 1 amide bonds. The van der Waals surface area contributed by atoms with E-state index < -0.39 is 28.5 Å². The summed E-state index contributed by atoms with van der Waals surface area (Å²) >= 11 is 5.50. The van der Waals surface area contributed by atoms with E-state index in [0.29, 0.717) is 5.69 Å². The van der Waals surface area contributed by atoms with Crippen molar-refractivity contribution in [1.82, 2.24) is 0 Å². The number of hydrogen-bond donors (Lipinski definition) is 2. The van der Waals surface area contributed by atoms with E-state index in [0.717, 1.165) is 12.1 Å². The first-order valence-electron chi connectivity index (χ1n) is 6.42. The zero-order chi connectivity index (χ0) is 17.0. The number of anilines is 2. The predicted molar refractivity (Wildman–Crippen MR) is 80.0 cm³/mol. The van der Waals surface area contributed by atoms with E-state index >= 15 is 0 Å². The lowest BCUT2D eigenvalue weighted by Gasteiger charge is -2.12. The molecule has 8 heteroatoms. The number of alkyl halides is 3. The van der Waals surface area contributed by atoms with Gasteiger partial charge in [0.15, 0.2) is 0 Å². The first-order chi connectivity index (χ1) is 10.8. The molecule has 0 aliphatic rings. The minimum atomic E-state index is -4.61. The molecule has 0 radical (unpaired) electrons. The highest BCUT2D eigenvalue weighted by molar-refractivity contribution is 6.31. The SMILES string of the molecule is O=C(CNc1ccc(F)cc1)Nc1ccc(Cl)c(C(F)(F)F)c1. The molecule has 2 N–H and O–H groups in total. The van der Waals surface area contributed by atoms with Gasteiger partial charge in [-0.25, -0.2) is 4.39 Å². The van der Waals surface area contributed by atoms with E-state index in [1.165, 1.54) is 30.3 Å². The summed E-state index contributed by atoms with van der Waals surface area (Å²) in [4.78, 5) is 11.7. The highest BCUT2D eigenvalue weighted by Crippen LogP contribution is 2.36. The maximum absolute atomic E-state index is 12.7. The lowest BCUT2D eigenvalue weighted by atomic mass is 10.2. The van der Waals surface area contributed by atoms with Crippen LogP contribution in [0.15, 0.2) is 42.5 Å². The lowest BCUT2D eigenvalue weighted by molar-refractivity contribution is -0.137. The maximum Gasteiger partial charge on any atom is 0.417 e. The number of carbonyl (C=O) groups is 1. The Hall–Kier alpha value is -2.28. The fraction of sp³-hybridized carbons (Fsp3) is 0.133. The normalized spacial score (nSPS) is 11.2. The Morgan fingerprint density at radius 2 is 1.65 bits per heavy atom. The van der Waals surface area contributed by atoms with Crippen molar-refractivity contribution in [2.45, 2.75) is 6.18 Å². The van der Waals surface area contributed by atoms with Crippen LogP contribution in [0, 0.1) is 5.82 Å². The highest BCUT2D eigenvalue weighted by Gasteiger charge is 2.33. The molecule has 2 aromatic carbocycles. The van der Waals surface area contributed by atoms with Crippen LogP contribution in [0.1, 0.15) is 5.56 Å². The summed E-state index contributed by atoms with van der Waals surface area (Å²) in [7, 11) is 0. The third-order valence-electron chi connectivity index (χ3n) is 2.85. The van der Waals surface area contributed by atoms with Gasteiger partial charge in [0, 0.05) is 11.4 Å². The molecule has 0 fully saturated rings. The second-order valence-electron chi connectivity index (χ2n) is 4.60. The van der Waals surface area contributed by atoms with Crippen molar-refractivity contribution < 1.29 is 22.4 Å². The van der Waals surface area contributed by atoms with Crippen molar-refractivity contribution in [3.05, 3.63) is 58.9 Å². The molecule has 122 valence electrons. The Kier molecular flexibility index (Phi) is 5.10. The van der Waals surface area contributed by atoms with E-state index in [1.807, 2.05) is 0 Å². The Morgan fingerprint density at radius 3 is 2.26 bits per heavy atom. The topological polar surface area (TPSA) is 41.1 Å². The zero-order valence-electron chi connectivity index (χ0n) is 11.5. The van der Waals surface area contributed by atoms with Crippen molar-refractivity contribution in [2.24, 2.45) is 0 Å². The molecule has 3 nitrogen and oxygen atoms in total. The summed E-state index contributed by atoms with van der Waals surface area (Å²) in [5.74, 6) is -0.967.